The van der Waals surface area contributed by atoms with Crippen molar-refractivity contribution in [2.75, 3.05) is 32.1 Å². The summed E-state index contributed by atoms with van der Waals surface area (Å²) >= 11 is 6.11. The first-order chi connectivity index (χ1) is 9.77. The Labute approximate surface area is 133 Å². The van der Waals surface area contributed by atoms with E-state index in [0.717, 1.165) is 52.3 Å². The van der Waals surface area contributed by atoms with Crippen molar-refractivity contribution in [2.45, 2.75) is 39.7 Å². The monoisotopic (exact) mass is 309 g/mol. The van der Waals surface area contributed by atoms with E-state index in [1.54, 1.807) is 0 Å². The zero-order valence-electron chi connectivity index (χ0n) is 13.7. The number of likely N-dealkylation sites (N-methyl/N-ethyl adjacent to an activating group) is 1. The summed E-state index contributed by atoms with van der Waals surface area (Å²) in [5, 5.41) is 0.736. The van der Waals surface area contributed by atoms with Gasteiger partial charge in [0, 0.05) is 23.7 Å². The van der Waals surface area contributed by atoms with E-state index in [9.17, 15) is 4.79 Å². The van der Waals surface area contributed by atoms with Crippen LogP contribution in [0.15, 0.2) is 12.1 Å². The molecule has 0 spiro atoms. The topological polar surface area (TPSA) is 20.3 Å². The maximum absolute atomic E-state index is 13.0. The van der Waals surface area contributed by atoms with Gasteiger partial charge in [0.1, 0.15) is 0 Å². The number of halogens is 1. The number of carbonyl (C=O) groups excluding carboxylic acids is 1. The van der Waals surface area contributed by atoms with Crippen LogP contribution in [0.1, 0.15) is 30.9 Å². The summed E-state index contributed by atoms with van der Waals surface area (Å²) in [5.41, 5.74) is 3.21. The molecule has 1 saturated heterocycles. The van der Waals surface area contributed by atoms with Gasteiger partial charge in [-0.3, -0.25) is 4.79 Å². The standard InChI is InChI=1S/C17H26ClN2O/c1-6-20(4,5)15-8-7-9-19(17(15)21)16-12(2)10-14(18)11-13(16)3/h10-11,15H,6-9H2,1-5H3/q+1. The lowest BCUT2D eigenvalue weighted by atomic mass is 9.98. The lowest BCUT2D eigenvalue weighted by Crippen LogP contribution is -2.59. The summed E-state index contributed by atoms with van der Waals surface area (Å²) < 4.78 is 0.751. The van der Waals surface area contributed by atoms with Crippen LogP contribution in [0.4, 0.5) is 5.69 Å². The molecule has 1 aromatic carbocycles. The van der Waals surface area contributed by atoms with Crippen LogP contribution >= 0.6 is 11.6 Å². The van der Waals surface area contributed by atoms with Crippen LogP contribution in [0.2, 0.25) is 5.02 Å². The Morgan fingerprint density at radius 3 is 2.38 bits per heavy atom. The lowest BCUT2D eigenvalue weighted by molar-refractivity contribution is -0.904. The third-order valence-corrected chi connectivity index (χ3v) is 5.01. The van der Waals surface area contributed by atoms with Gasteiger partial charge < -0.3 is 9.38 Å². The lowest BCUT2D eigenvalue weighted by Gasteiger charge is -2.42. The van der Waals surface area contributed by atoms with Crippen LogP contribution in [0, 0.1) is 13.8 Å². The smallest absolute Gasteiger partial charge is 0.285 e. The summed E-state index contributed by atoms with van der Waals surface area (Å²) in [5.74, 6) is 0.252. The van der Waals surface area contributed by atoms with E-state index in [1.807, 2.05) is 30.9 Å². The van der Waals surface area contributed by atoms with Gasteiger partial charge >= 0.3 is 0 Å². The molecule has 1 unspecified atom stereocenters. The molecule has 0 aromatic heterocycles. The van der Waals surface area contributed by atoms with E-state index in [2.05, 4.69) is 21.0 Å². The quantitative estimate of drug-likeness (QED) is 0.782. The van der Waals surface area contributed by atoms with E-state index in [4.69, 9.17) is 11.6 Å². The highest BCUT2D eigenvalue weighted by molar-refractivity contribution is 6.30. The van der Waals surface area contributed by atoms with Crippen molar-refractivity contribution in [1.82, 2.24) is 0 Å². The molecule has 0 bridgehead atoms. The predicted molar refractivity (Wildman–Crippen MR) is 89.0 cm³/mol. The summed E-state index contributed by atoms with van der Waals surface area (Å²) in [6.07, 6.45) is 2.03. The van der Waals surface area contributed by atoms with Crippen LogP contribution in [0.3, 0.4) is 0 Å². The van der Waals surface area contributed by atoms with Gasteiger partial charge in [0.2, 0.25) is 0 Å². The van der Waals surface area contributed by atoms with E-state index in [0.29, 0.717) is 0 Å². The highest BCUT2D eigenvalue weighted by Gasteiger charge is 2.40. The molecule has 3 nitrogen and oxygen atoms in total. The first-order valence-corrected chi connectivity index (χ1v) is 8.06. The van der Waals surface area contributed by atoms with Crippen LogP contribution in [0.25, 0.3) is 0 Å². The molecular weight excluding hydrogens is 284 g/mol. The number of anilines is 1. The molecule has 1 aromatic rings. The first kappa shape index (κ1) is 16.3. The maximum Gasteiger partial charge on any atom is 0.285 e. The molecular formula is C17H26ClN2O+. The van der Waals surface area contributed by atoms with Gasteiger partial charge in [-0.1, -0.05) is 11.6 Å². The van der Waals surface area contributed by atoms with Gasteiger partial charge in [-0.2, -0.15) is 0 Å². The zero-order valence-corrected chi connectivity index (χ0v) is 14.5. The van der Waals surface area contributed by atoms with Crippen molar-refractivity contribution in [3.63, 3.8) is 0 Å². The minimum absolute atomic E-state index is 0.0539. The minimum Gasteiger partial charge on any atom is -0.318 e. The molecule has 4 heteroatoms. The van der Waals surface area contributed by atoms with Gasteiger partial charge in [0.05, 0.1) is 20.6 Å². The predicted octanol–water partition coefficient (Wildman–Crippen LogP) is 3.55. The molecule has 116 valence electrons. The third kappa shape index (κ3) is 3.09. The summed E-state index contributed by atoms with van der Waals surface area (Å²) in [4.78, 5) is 15.0. The number of carbonyl (C=O) groups is 1. The zero-order chi connectivity index (χ0) is 15.8. The average Bonchev–Trinajstić information content (AvgIpc) is 2.39. The number of rotatable bonds is 3. The molecule has 0 radical (unpaired) electrons. The Bertz CT molecular complexity index is 531. The molecule has 1 atom stereocenters. The van der Waals surface area contributed by atoms with Crippen LogP contribution < -0.4 is 4.90 Å². The maximum atomic E-state index is 13.0. The third-order valence-electron chi connectivity index (χ3n) is 4.79. The number of benzene rings is 1. The summed E-state index contributed by atoms with van der Waals surface area (Å²) in [7, 11) is 4.29. The highest BCUT2D eigenvalue weighted by atomic mass is 35.5. The summed E-state index contributed by atoms with van der Waals surface area (Å²) in [6.45, 7) is 7.98. The summed E-state index contributed by atoms with van der Waals surface area (Å²) in [6, 6.07) is 3.94. The molecule has 21 heavy (non-hydrogen) atoms. The van der Waals surface area contributed by atoms with Gasteiger partial charge in [-0.15, -0.1) is 0 Å². The molecule has 1 aliphatic rings. The van der Waals surface area contributed by atoms with E-state index >= 15 is 0 Å². The van der Waals surface area contributed by atoms with Crippen molar-refractivity contribution in [2.24, 2.45) is 0 Å². The van der Waals surface area contributed by atoms with E-state index < -0.39 is 0 Å². The SMILES string of the molecule is CC[N+](C)(C)C1CCCN(c2c(C)cc(Cl)cc2C)C1=O. The number of aryl methyl sites for hydroxylation is 2. The van der Waals surface area contributed by atoms with Crippen LogP contribution in [-0.2, 0) is 4.79 Å². The molecule has 0 aliphatic carbocycles. The second-order valence-corrected chi connectivity index (χ2v) is 7.07. The van der Waals surface area contributed by atoms with E-state index in [1.165, 1.54) is 0 Å². The van der Waals surface area contributed by atoms with Crippen molar-refractivity contribution in [1.29, 1.82) is 0 Å². The number of hydrogen-bond donors (Lipinski definition) is 0. The second kappa shape index (κ2) is 5.98. The number of nitrogens with zero attached hydrogens (tertiary/aromatic N) is 2. The van der Waals surface area contributed by atoms with Crippen molar-refractivity contribution < 1.29 is 9.28 Å². The Morgan fingerprint density at radius 1 is 1.29 bits per heavy atom. The molecule has 1 aliphatic heterocycles. The van der Waals surface area contributed by atoms with Gasteiger partial charge in [0.15, 0.2) is 6.04 Å². The fourth-order valence-electron chi connectivity index (χ4n) is 3.28. The first-order valence-electron chi connectivity index (χ1n) is 7.68. The fraction of sp³-hybridized carbons (Fsp3) is 0.588. The Hall–Kier alpha value is -1.06. The van der Waals surface area contributed by atoms with Gasteiger partial charge in [0.25, 0.3) is 5.91 Å². The van der Waals surface area contributed by atoms with Gasteiger partial charge in [-0.05, 0) is 50.5 Å². The molecule has 2 rings (SSSR count). The number of hydrogen-bond acceptors (Lipinski definition) is 1. The van der Waals surface area contributed by atoms with Crippen LogP contribution in [-0.4, -0.2) is 43.6 Å². The second-order valence-electron chi connectivity index (χ2n) is 6.63. The van der Waals surface area contributed by atoms with E-state index in [-0.39, 0.29) is 11.9 Å². The van der Waals surface area contributed by atoms with Gasteiger partial charge in [-0.25, -0.2) is 0 Å². The molecule has 0 saturated carbocycles. The Kier molecular flexibility index (Phi) is 4.64. The largest absolute Gasteiger partial charge is 0.318 e. The minimum atomic E-state index is 0.0539. The molecule has 0 N–H and O–H groups in total. The Balaban J connectivity index is 2.39. The highest BCUT2D eigenvalue weighted by Crippen LogP contribution is 2.32. The van der Waals surface area contributed by atoms with Crippen LogP contribution in [0.5, 0.6) is 0 Å². The van der Waals surface area contributed by atoms with Crippen molar-refractivity contribution >= 4 is 23.2 Å². The number of quaternary nitrogens is 1. The number of piperidine rings is 1. The molecule has 1 fully saturated rings. The molecule has 1 heterocycles. The Morgan fingerprint density at radius 2 is 1.86 bits per heavy atom. The normalized spacial score (nSPS) is 20.0. The van der Waals surface area contributed by atoms with Crippen molar-refractivity contribution in [3.05, 3.63) is 28.3 Å². The van der Waals surface area contributed by atoms with Crippen molar-refractivity contribution in [3.8, 4) is 0 Å². The average molecular weight is 310 g/mol. The number of amides is 1. The molecule has 1 amide bonds. The fourth-order valence-corrected chi connectivity index (χ4v) is 3.60.